The van der Waals surface area contributed by atoms with Gasteiger partial charge in [0.15, 0.2) is 0 Å². The fraction of sp³-hybridized carbons (Fsp3) is 0.412. The first kappa shape index (κ1) is 13.4. The lowest BCUT2D eigenvalue weighted by molar-refractivity contribution is 0.00963. The van der Waals surface area contributed by atoms with Crippen molar-refractivity contribution in [2.24, 2.45) is 0 Å². The molecule has 3 heteroatoms. The Morgan fingerprint density at radius 1 is 1.00 bits per heavy atom. The van der Waals surface area contributed by atoms with E-state index in [0.717, 1.165) is 44.9 Å². The van der Waals surface area contributed by atoms with Crippen molar-refractivity contribution in [2.75, 3.05) is 26.3 Å². The van der Waals surface area contributed by atoms with Crippen LogP contribution in [0.1, 0.15) is 23.8 Å². The standard InChI is InChI=1S/C17H21NO2/c1-2-5-15(6-3-1)8-9-16(17-7-4-12-20-17)18-10-13-19-14-11-18/h1-7,12,16H,8-11,13-14H2. The number of benzene rings is 1. The van der Waals surface area contributed by atoms with E-state index in [4.69, 9.17) is 9.15 Å². The Balaban J connectivity index is 1.69. The van der Waals surface area contributed by atoms with Crippen LogP contribution in [0.3, 0.4) is 0 Å². The summed E-state index contributed by atoms with van der Waals surface area (Å²) in [6.07, 6.45) is 3.92. The second kappa shape index (κ2) is 6.73. The van der Waals surface area contributed by atoms with Gasteiger partial charge in [0.1, 0.15) is 5.76 Å². The Kier molecular flexibility index (Phi) is 4.51. The van der Waals surface area contributed by atoms with Crippen LogP contribution in [0.5, 0.6) is 0 Å². The third kappa shape index (κ3) is 3.30. The van der Waals surface area contributed by atoms with Gasteiger partial charge in [-0.25, -0.2) is 0 Å². The van der Waals surface area contributed by atoms with Gasteiger partial charge in [-0.05, 0) is 30.5 Å². The molecule has 2 aromatic rings. The average Bonchev–Trinajstić information content (AvgIpc) is 3.04. The van der Waals surface area contributed by atoms with Gasteiger partial charge in [-0.1, -0.05) is 30.3 Å². The van der Waals surface area contributed by atoms with Gasteiger partial charge >= 0.3 is 0 Å². The Morgan fingerprint density at radius 2 is 1.80 bits per heavy atom. The SMILES string of the molecule is c1ccc(CCC(c2ccco2)N2CCOCC2)cc1. The molecule has 0 saturated carbocycles. The van der Waals surface area contributed by atoms with Gasteiger partial charge in [0.05, 0.1) is 25.5 Å². The molecule has 0 N–H and O–H groups in total. The molecule has 0 radical (unpaired) electrons. The molecule has 0 amide bonds. The molecule has 1 unspecified atom stereocenters. The van der Waals surface area contributed by atoms with Crippen LogP contribution in [0.25, 0.3) is 0 Å². The van der Waals surface area contributed by atoms with Crippen LogP contribution in [-0.4, -0.2) is 31.2 Å². The fourth-order valence-electron chi connectivity index (χ4n) is 2.82. The summed E-state index contributed by atoms with van der Waals surface area (Å²) in [5.41, 5.74) is 1.39. The maximum Gasteiger partial charge on any atom is 0.120 e. The van der Waals surface area contributed by atoms with Crippen molar-refractivity contribution in [1.82, 2.24) is 4.90 Å². The summed E-state index contributed by atoms with van der Waals surface area (Å²) in [5, 5.41) is 0. The third-order valence-electron chi connectivity index (χ3n) is 3.91. The molecule has 1 aliphatic rings. The van der Waals surface area contributed by atoms with E-state index in [1.807, 2.05) is 6.07 Å². The molecule has 1 fully saturated rings. The normalized spacial score (nSPS) is 18.0. The quantitative estimate of drug-likeness (QED) is 0.834. The van der Waals surface area contributed by atoms with E-state index >= 15 is 0 Å². The molecule has 3 rings (SSSR count). The summed E-state index contributed by atoms with van der Waals surface area (Å²) in [7, 11) is 0. The first-order chi connectivity index (χ1) is 9.93. The summed E-state index contributed by atoms with van der Waals surface area (Å²) in [6, 6.07) is 15.1. The van der Waals surface area contributed by atoms with Crippen LogP contribution in [-0.2, 0) is 11.2 Å². The van der Waals surface area contributed by atoms with Crippen LogP contribution >= 0.6 is 0 Å². The lowest BCUT2D eigenvalue weighted by Gasteiger charge is -2.33. The number of aryl methyl sites for hydroxylation is 1. The van der Waals surface area contributed by atoms with Crippen molar-refractivity contribution in [3.05, 3.63) is 60.1 Å². The summed E-state index contributed by atoms with van der Waals surface area (Å²) in [4.78, 5) is 2.48. The second-order valence-corrected chi connectivity index (χ2v) is 5.20. The summed E-state index contributed by atoms with van der Waals surface area (Å²) in [6.45, 7) is 3.62. The highest BCUT2D eigenvalue weighted by molar-refractivity contribution is 5.15. The highest BCUT2D eigenvalue weighted by Gasteiger charge is 2.24. The topological polar surface area (TPSA) is 25.6 Å². The van der Waals surface area contributed by atoms with E-state index in [1.165, 1.54) is 5.56 Å². The first-order valence-electron chi connectivity index (χ1n) is 7.32. The molecule has 3 nitrogen and oxygen atoms in total. The number of rotatable bonds is 5. The monoisotopic (exact) mass is 271 g/mol. The predicted molar refractivity (Wildman–Crippen MR) is 78.6 cm³/mol. The van der Waals surface area contributed by atoms with Crippen molar-refractivity contribution in [2.45, 2.75) is 18.9 Å². The molecule has 0 bridgehead atoms. The molecule has 2 heterocycles. The van der Waals surface area contributed by atoms with E-state index in [0.29, 0.717) is 6.04 Å². The first-order valence-corrected chi connectivity index (χ1v) is 7.32. The number of morpholine rings is 1. The van der Waals surface area contributed by atoms with Gasteiger partial charge in [0.25, 0.3) is 0 Å². The molecular weight excluding hydrogens is 250 g/mol. The fourth-order valence-corrected chi connectivity index (χ4v) is 2.82. The number of nitrogens with zero attached hydrogens (tertiary/aromatic N) is 1. The van der Waals surface area contributed by atoms with E-state index < -0.39 is 0 Å². The van der Waals surface area contributed by atoms with Gasteiger partial charge in [-0.2, -0.15) is 0 Å². The lowest BCUT2D eigenvalue weighted by Crippen LogP contribution is -2.39. The van der Waals surface area contributed by atoms with Gasteiger partial charge < -0.3 is 9.15 Å². The highest BCUT2D eigenvalue weighted by atomic mass is 16.5. The Morgan fingerprint density at radius 3 is 2.50 bits per heavy atom. The van der Waals surface area contributed by atoms with Gasteiger partial charge in [0.2, 0.25) is 0 Å². The average molecular weight is 271 g/mol. The molecule has 1 aromatic heterocycles. The summed E-state index contributed by atoms with van der Waals surface area (Å²) in [5.74, 6) is 1.07. The van der Waals surface area contributed by atoms with Crippen molar-refractivity contribution >= 4 is 0 Å². The van der Waals surface area contributed by atoms with Crippen LogP contribution in [0.15, 0.2) is 53.1 Å². The van der Waals surface area contributed by atoms with E-state index in [9.17, 15) is 0 Å². The molecular formula is C17H21NO2. The van der Waals surface area contributed by atoms with Crippen molar-refractivity contribution in [3.8, 4) is 0 Å². The van der Waals surface area contributed by atoms with Gasteiger partial charge in [0, 0.05) is 13.1 Å². The summed E-state index contributed by atoms with van der Waals surface area (Å²) >= 11 is 0. The van der Waals surface area contributed by atoms with Crippen LogP contribution in [0.4, 0.5) is 0 Å². The number of ether oxygens (including phenoxy) is 1. The predicted octanol–water partition coefficient (Wildman–Crippen LogP) is 3.29. The second-order valence-electron chi connectivity index (χ2n) is 5.20. The lowest BCUT2D eigenvalue weighted by atomic mass is 10.0. The minimum absolute atomic E-state index is 0.356. The Labute approximate surface area is 120 Å². The minimum Gasteiger partial charge on any atom is -0.468 e. The van der Waals surface area contributed by atoms with Crippen molar-refractivity contribution < 1.29 is 9.15 Å². The third-order valence-corrected chi connectivity index (χ3v) is 3.91. The molecule has 20 heavy (non-hydrogen) atoms. The zero-order valence-corrected chi connectivity index (χ0v) is 11.7. The zero-order chi connectivity index (χ0) is 13.6. The Bertz CT molecular complexity index is 489. The molecule has 1 aliphatic heterocycles. The highest BCUT2D eigenvalue weighted by Crippen LogP contribution is 2.27. The molecule has 1 atom stereocenters. The van der Waals surface area contributed by atoms with Crippen molar-refractivity contribution in [3.63, 3.8) is 0 Å². The maximum atomic E-state index is 5.65. The smallest absolute Gasteiger partial charge is 0.120 e. The maximum absolute atomic E-state index is 5.65. The largest absolute Gasteiger partial charge is 0.468 e. The van der Waals surface area contributed by atoms with E-state index in [2.05, 4.69) is 41.3 Å². The van der Waals surface area contributed by atoms with E-state index in [1.54, 1.807) is 6.26 Å². The zero-order valence-electron chi connectivity index (χ0n) is 11.7. The minimum atomic E-state index is 0.356. The van der Waals surface area contributed by atoms with Crippen LogP contribution < -0.4 is 0 Å². The molecule has 106 valence electrons. The molecule has 0 spiro atoms. The van der Waals surface area contributed by atoms with Crippen LogP contribution in [0, 0.1) is 0 Å². The number of hydrogen-bond donors (Lipinski definition) is 0. The molecule has 1 saturated heterocycles. The molecule has 0 aliphatic carbocycles. The number of hydrogen-bond acceptors (Lipinski definition) is 3. The Hall–Kier alpha value is -1.58. The van der Waals surface area contributed by atoms with E-state index in [-0.39, 0.29) is 0 Å². The summed E-state index contributed by atoms with van der Waals surface area (Å²) < 4.78 is 11.1. The van der Waals surface area contributed by atoms with Gasteiger partial charge in [-0.3, -0.25) is 4.90 Å². The van der Waals surface area contributed by atoms with Gasteiger partial charge in [-0.15, -0.1) is 0 Å². The number of furan rings is 1. The van der Waals surface area contributed by atoms with Crippen molar-refractivity contribution in [1.29, 1.82) is 0 Å². The van der Waals surface area contributed by atoms with Crippen LogP contribution in [0.2, 0.25) is 0 Å². The molecule has 1 aromatic carbocycles.